The average Bonchev–Trinajstić information content (AvgIpc) is 2.75. The second-order valence-corrected chi connectivity index (χ2v) is 4.97. The van der Waals surface area contributed by atoms with Gasteiger partial charge in [0.1, 0.15) is 0 Å². The Labute approximate surface area is 97.6 Å². The fraction of sp³-hybridized carbons (Fsp3) is 0.917. The molecule has 1 amide bonds. The molecule has 1 aliphatic carbocycles. The Balaban J connectivity index is 2.42. The van der Waals surface area contributed by atoms with Gasteiger partial charge in [-0.2, -0.15) is 0 Å². The lowest BCUT2D eigenvalue weighted by Crippen LogP contribution is -2.50. The minimum atomic E-state index is -0.339. The molecular formula is C12H24N2O2. The van der Waals surface area contributed by atoms with Crippen LogP contribution in [0.5, 0.6) is 0 Å². The number of aliphatic hydroxyl groups excluding tert-OH is 1. The van der Waals surface area contributed by atoms with E-state index >= 15 is 0 Å². The molecule has 94 valence electrons. The Morgan fingerprint density at radius 1 is 1.50 bits per heavy atom. The van der Waals surface area contributed by atoms with Crippen molar-refractivity contribution in [2.75, 3.05) is 13.2 Å². The number of carbonyl (C=O) groups is 1. The molecule has 0 heterocycles. The smallest absolute Gasteiger partial charge is 0.223 e. The Morgan fingerprint density at radius 2 is 2.12 bits per heavy atom. The highest BCUT2D eigenvalue weighted by Gasteiger charge is 2.35. The molecule has 0 saturated heterocycles. The van der Waals surface area contributed by atoms with Gasteiger partial charge in [-0.1, -0.05) is 19.8 Å². The van der Waals surface area contributed by atoms with Gasteiger partial charge in [0.25, 0.3) is 0 Å². The molecule has 4 N–H and O–H groups in total. The molecular weight excluding hydrogens is 204 g/mol. The number of nitrogens with one attached hydrogen (secondary N) is 1. The maximum Gasteiger partial charge on any atom is 0.223 e. The van der Waals surface area contributed by atoms with Gasteiger partial charge in [0.15, 0.2) is 0 Å². The monoisotopic (exact) mass is 228 g/mol. The summed E-state index contributed by atoms with van der Waals surface area (Å²) in [5, 5.41) is 12.4. The van der Waals surface area contributed by atoms with Gasteiger partial charge in [0, 0.05) is 5.92 Å². The Hall–Kier alpha value is -0.610. The number of nitrogens with two attached hydrogens (primary N) is 1. The number of hydrogen-bond donors (Lipinski definition) is 3. The van der Waals surface area contributed by atoms with Crippen molar-refractivity contribution in [1.82, 2.24) is 5.32 Å². The van der Waals surface area contributed by atoms with E-state index in [4.69, 9.17) is 5.73 Å². The molecule has 1 fully saturated rings. The first-order valence-electron chi connectivity index (χ1n) is 6.26. The van der Waals surface area contributed by atoms with Crippen molar-refractivity contribution in [3.8, 4) is 0 Å². The Morgan fingerprint density at radius 3 is 2.62 bits per heavy atom. The molecule has 1 atom stereocenters. The van der Waals surface area contributed by atoms with Crippen molar-refractivity contribution in [3.05, 3.63) is 0 Å². The largest absolute Gasteiger partial charge is 0.394 e. The summed E-state index contributed by atoms with van der Waals surface area (Å²) < 4.78 is 0. The lowest BCUT2D eigenvalue weighted by atomic mass is 9.96. The number of amides is 1. The highest BCUT2D eigenvalue weighted by molar-refractivity contribution is 5.79. The molecule has 4 heteroatoms. The summed E-state index contributed by atoms with van der Waals surface area (Å²) in [5.41, 5.74) is 5.08. The maximum atomic E-state index is 11.9. The van der Waals surface area contributed by atoms with Crippen molar-refractivity contribution in [3.63, 3.8) is 0 Å². The van der Waals surface area contributed by atoms with Crippen LogP contribution in [0.1, 0.15) is 45.4 Å². The molecule has 4 nitrogen and oxygen atoms in total. The molecule has 0 aliphatic heterocycles. The third-order valence-electron chi connectivity index (χ3n) is 3.54. The zero-order chi connectivity index (χ0) is 12.0. The van der Waals surface area contributed by atoms with Gasteiger partial charge < -0.3 is 16.2 Å². The van der Waals surface area contributed by atoms with Crippen LogP contribution >= 0.6 is 0 Å². The summed E-state index contributed by atoms with van der Waals surface area (Å²) in [6.45, 7) is 2.61. The topological polar surface area (TPSA) is 75.4 Å². The van der Waals surface area contributed by atoms with Crippen LogP contribution in [0.15, 0.2) is 0 Å². The van der Waals surface area contributed by atoms with Crippen molar-refractivity contribution >= 4 is 5.91 Å². The van der Waals surface area contributed by atoms with Crippen LogP contribution in [0.2, 0.25) is 0 Å². The molecule has 0 radical (unpaired) electrons. The minimum Gasteiger partial charge on any atom is -0.394 e. The zero-order valence-corrected chi connectivity index (χ0v) is 10.2. The predicted molar refractivity (Wildman–Crippen MR) is 63.9 cm³/mol. The summed E-state index contributed by atoms with van der Waals surface area (Å²) in [6.07, 6.45) is 5.69. The summed E-state index contributed by atoms with van der Waals surface area (Å²) in [4.78, 5) is 11.9. The van der Waals surface area contributed by atoms with Crippen molar-refractivity contribution in [2.24, 2.45) is 11.7 Å². The first-order valence-corrected chi connectivity index (χ1v) is 6.26. The van der Waals surface area contributed by atoms with Crippen LogP contribution in [0, 0.1) is 5.92 Å². The number of aliphatic hydroxyl groups is 1. The third kappa shape index (κ3) is 3.46. The lowest BCUT2D eigenvalue weighted by Gasteiger charge is -2.29. The summed E-state index contributed by atoms with van der Waals surface area (Å²) in [6, 6.07) is 0. The summed E-state index contributed by atoms with van der Waals surface area (Å²) in [7, 11) is 0. The van der Waals surface area contributed by atoms with E-state index in [9.17, 15) is 9.90 Å². The summed E-state index contributed by atoms with van der Waals surface area (Å²) in [5.74, 6) is 0.0528. The average molecular weight is 228 g/mol. The van der Waals surface area contributed by atoms with Gasteiger partial charge in [-0.25, -0.2) is 0 Å². The molecule has 1 saturated carbocycles. The van der Waals surface area contributed by atoms with Crippen molar-refractivity contribution < 1.29 is 9.90 Å². The van der Waals surface area contributed by atoms with E-state index < -0.39 is 0 Å². The van der Waals surface area contributed by atoms with Crippen LogP contribution < -0.4 is 11.1 Å². The SMILES string of the molecule is CC(CCCN)C(=O)NC1(CO)CCCC1. The van der Waals surface area contributed by atoms with E-state index in [0.717, 1.165) is 38.5 Å². The Bertz CT molecular complexity index is 225. The maximum absolute atomic E-state index is 11.9. The zero-order valence-electron chi connectivity index (χ0n) is 10.2. The van der Waals surface area contributed by atoms with E-state index in [1.165, 1.54) is 0 Å². The van der Waals surface area contributed by atoms with Crippen LogP contribution in [-0.2, 0) is 4.79 Å². The summed E-state index contributed by atoms with van der Waals surface area (Å²) >= 11 is 0. The van der Waals surface area contributed by atoms with Crippen LogP contribution in [0.25, 0.3) is 0 Å². The molecule has 0 spiro atoms. The molecule has 0 aromatic carbocycles. The fourth-order valence-corrected chi connectivity index (χ4v) is 2.31. The standard InChI is InChI=1S/C12H24N2O2/c1-10(5-4-8-13)11(16)14-12(9-15)6-2-3-7-12/h10,15H,2-9,13H2,1H3,(H,14,16). The molecule has 1 unspecified atom stereocenters. The number of rotatable bonds is 6. The van der Waals surface area contributed by atoms with Crippen LogP contribution in [0.4, 0.5) is 0 Å². The van der Waals surface area contributed by atoms with Gasteiger partial charge in [-0.15, -0.1) is 0 Å². The molecule has 0 aromatic rings. The van der Waals surface area contributed by atoms with E-state index in [-0.39, 0.29) is 24.0 Å². The Kier molecular flexibility index (Phi) is 5.22. The van der Waals surface area contributed by atoms with Gasteiger partial charge in [0.05, 0.1) is 12.1 Å². The number of carbonyl (C=O) groups excluding carboxylic acids is 1. The van der Waals surface area contributed by atoms with Crippen molar-refractivity contribution in [2.45, 2.75) is 51.0 Å². The van der Waals surface area contributed by atoms with Gasteiger partial charge in [-0.05, 0) is 32.2 Å². The van der Waals surface area contributed by atoms with E-state index in [0.29, 0.717) is 6.54 Å². The minimum absolute atomic E-state index is 0.00688. The van der Waals surface area contributed by atoms with E-state index in [1.54, 1.807) is 0 Å². The normalized spacial score (nSPS) is 20.7. The third-order valence-corrected chi connectivity index (χ3v) is 3.54. The van der Waals surface area contributed by atoms with E-state index in [1.807, 2.05) is 6.92 Å². The number of hydrogen-bond acceptors (Lipinski definition) is 3. The second kappa shape index (κ2) is 6.21. The lowest BCUT2D eigenvalue weighted by molar-refractivity contribution is -0.127. The van der Waals surface area contributed by atoms with Crippen molar-refractivity contribution in [1.29, 1.82) is 0 Å². The molecule has 1 rings (SSSR count). The molecule has 0 bridgehead atoms. The van der Waals surface area contributed by atoms with Crippen LogP contribution in [-0.4, -0.2) is 29.7 Å². The van der Waals surface area contributed by atoms with Gasteiger partial charge in [-0.3, -0.25) is 4.79 Å². The van der Waals surface area contributed by atoms with Crippen LogP contribution in [0.3, 0.4) is 0 Å². The van der Waals surface area contributed by atoms with Gasteiger partial charge >= 0.3 is 0 Å². The second-order valence-electron chi connectivity index (χ2n) is 4.97. The highest BCUT2D eigenvalue weighted by atomic mass is 16.3. The molecule has 16 heavy (non-hydrogen) atoms. The van der Waals surface area contributed by atoms with E-state index in [2.05, 4.69) is 5.32 Å². The predicted octanol–water partition coefficient (Wildman–Crippen LogP) is 0.783. The first-order chi connectivity index (χ1) is 7.63. The molecule has 1 aliphatic rings. The quantitative estimate of drug-likeness (QED) is 0.629. The first kappa shape index (κ1) is 13.5. The highest BCUT2D eigenvalue weighted by Crippen LogP contribution is 2.29. The van der Waals surface area contributed by atoms with Gasteiger partial charge in [0.2, 0.25) is 5.91 Å². The molecule has 0 aromatic heterocycles. The fourth-order valence-electron chi connectivity index (χ4n) is 2.31.